The first kappa shape index (κ1) is 10.7. The second-order valence-corrected chi connectivity index (χ2v) is 4.89. The molecule has 16 heavy (non-hydrogen) atoms. The Morgan fingerprint density at radius 3 is 2.56 bits per heavy atom. The summed E-state index contributed by atoms with van der Waals surface area (Å²) in [6.07, 6.45) is 1.31. The Morgan fingerprint density at radius 2 is 2.00 bits per heavy atom. The van der Waals surface area contributed by atoms with Crippen LogP contribution in [0.2, 0.25) is 0 Å². The van der Waals surface area contributed by atoms with E-state index in [1.165, 1.54) is 6.26 Å². The minimum Gasteiger partial charge on any atom is -0.478 e. The summed E-state index contributed by atoms with van der Waals surface area (Å²) in [5, 5.41) is 9.67. The Bertz CT molecular complexity index is 544. The van der Waals surface area contributed by atoms with E-state index < -0.39 is 5.97 Å². The van der Waals surface area contributed by atoms with E-state index in [-0.39, 0.29) is 11.0 Å². The predicted molar refractivity (Wildman–Crippen MR) is 61.9 cm³/mol. The van der Waals surface area contributed by atoms with E-state index in [1.807, 2.05) is 12.1 Å². The van der Waals surface area contributed by atoms with Gasteiger partial charge in [0.05, 0.1) is 0 Å². The van der Waals surface area contributed by atoms with Crippen LogP contribution in [0.1, 0.15) is 36.7 Å². The monoisotopic (exact) mass is 218 g/mol. The Morgan fingerprint density at radius 1 is 1.31 bits per heavy atom. The van der Waals surface area contributed by atoms with Gasteiger partial charge in [-0.05, 0) is 5.41 Å². The zero-order chi connectivity index (χ0) is 11.9. The van der Waals surface area contributed by atoms with Gasteiger partial charge in [-0.1, -0.05) is 39.0 Å². The van der Waals surface area contributed by atoms with Crippen molar-refractivity contribution in [1.29, 1.82) is 0 Å². The molecule has 0 aliphatic heterocycles. The van der Waals surface area contributed by atoms with Crippen molar-refractivity contribution in [2.45, 2.75) is 26.2 Å². The molecule has 0 amide bonds. The molecule has 0 saturated carbocycles. The van der Waals surface area contributed by atoms with E-state index in [9.17, 15) is 4.79 Å². The van der Waals surface area contributed by atoms with E-state index in [0.717, 1.165) is 5.56 Å². The molecule has 0 atom stereocenters. The molecule has 1 N–H and O–H groups in total. The fourth-order valence-electron chi connectivity index (χ4n) is 1.81. The van der Waals surface area contributed by atoms with Gasteiger partial charge in [0, 0.05) is 10.9 Å². The van der Waals surface area contributed by atoms with Crippen LogP contribution in [-0.2, 0) is 5.41 Å². The number of fused-ring (bicyclic) bond motifs is 1. The highest BCUT2D eigenvalue weighted by Crippen LogP contribution is 2.32. The molecular formula is C13H14O3. The van der Waals surface area contributed by atoms with Crippen molar-refractivity contribution in [2.75, 3.05) is 0 Å². The molecule has 0 radical (unpaired) electrons. The number of carboxylic acids is 1. The lowest BCUT2D eigenvalue weighted by Crippen LogP contribution is -2.11. The van der Waals surface area contributed by atoms with Gasteiger partial charge in [-0.15, -0.1) is 0 Å². The van der Waals surface area contributed by atoms with Crippen LogP contribution in [0.25, 0.3) is 11.0 Å². The van der Waals surface area contributed by atoms with E-state index in [1.54, 1.807) is 6.07 Å². The highest BCUT2D eigenvalue weighted by molar-refractivity contribution is 6.03. The molecule has 0 aliphatic carbocycles. The third-order valence-corrected chi connectivity index (χ3v) is 2.64. The van der Waals surface area contributed by atoms with Crippen molar-refractivity contribution < 1.29 is 14.3 Å². The summed E-state index contributed by atoms with van der Waals surface area (Å²) in [7, 11) is 0. The first-order valence-electron chi connectivity index (χ1n) is 5.15. The Kier molecular flexibility index (Phi) is 2.26. The van der Waals surface area contributed by atoms with Crippen LogP contribution in [0.3, 0.4) is 0 Å². The van der Waals surface area contributed by atoms with Crippen LogP contribution < -0.4 is 0 Å². The maximum atomic E-state index is 11.0. The standard InChI is InChI=1S/C13H14O3/c1-13(2,3)10-6-4-5-8-9(12(14)15)7-16-11(8)10/h4-7H,1-3H3,(H,14,15). The summed E-state index contributed by atoms with van der Waals surface area (Å²) >= 11 is 0. The molecule has 0 saturated heterocycles. The first-order valence-corrected chi connectivity index (χ1v) is 5.15. The van der Waals surface area contributed by atoms with E-state index in [4.69, 9.17) is 9.52 Å². The molecule has 1 aromatic carbocycles. The molecule has 0 unspecified atom stereocenters. The topological polar surface area (TPSA) is 50.4 Å². The van der Waals surface area contributed by atoms with Crippen molar-refractivity contribution in [3.63, 3.8) is 0 Å². The summed E-state index contributed by atoms with van der Waals surface area (Å²) in [6.45, 7) is 6.22. The first-order chi connectivity index (χ1) is 7.41. The van der Waals surface area contributed by atoms with Crippen LogP contribution in [0.15, 0.2) is 28.9 Å². The maximum absolute atomic E-state index is 11.0. The molecule has 3 heteroatoms. The van der Waals surface area contributed by atoms with Crippen molar-refractivity contribution >= 4 is 16.9 Å². The molecule has 0 fully saturated rings. The van der Waals surface area contributed by atoms with E-state index in [0.29, 0.717) is 11.0 Å². The number of hydrogen-bond acceptors (Lipinski definition) is 2. The predicted octanol–water partition coefficient (Wildman–Crippen LogP) is 3.43. The van der Waals surface area contributed by atoms with Crippen LogP contribution >= 0.6 is 0 Å². The van der Waals surface area contributed by atoms with Gasteiger partial charge in [-0.2, -0.15) is 0 Å². The molecule has 84 valence electrons. The highest BCUT2D eigenvalue weighted by atomic mass is 16.4. The SMILES string of the molecule is CC(C)(C)c1cccc2c(C(=O)O)coc12. The molecule has 0 aliphatic rings. The quantitative estimate of drug-likeness (QED) is 0.797. The van der Waals surface area contributed by atoms with Crippen molar-refractivity contribution in [3.05, 3.63) is 35.6 Å². The number of furan rings is 1. The average Bonchev–Trinajstić information content (AvgIpc) is 2.58. The Balaban J connectivity index is 2.77. The summed E-state index contributed by atoms with van der Waals surface area (Å²) in [5.74, 6) is -0.954. The van der Waals surface area contributed by atoms with Gasteiger partial charge in [0.1, 0.15) is 17.4 Å². The van der Waals surface area contributed by atoms with Gasteiger partial charge in [0.25, 0.3) is 0 Å². The number of rotatable bonds is 1. The van der Waals surface area contributed by atoms with Gasteiger partial charge in [-0.3, -0.25) is 0 Å². The fraction of sp³-hybridized carbons (Fsp3) is 0.308. The highest BCUT2D eigenvalue weighted by Gasteiger charge is 2.21. The third-order valence-electron chi connectivity index (χ3n) is 2.64. The number of carboxylic acid groups (broad SMARTS) is 1. The van der Waals surface area contributed by atoms with Gasteiger partial charge < -0.3 is 9.52 Å². The summed E-state index contributed by atoms with van der Waals surface area (Å²) in [6, 6.07) is 5.61. The summed E-state index contributed by atoms with van der Waals surface area (Å²) in [5.41, 5.74) is 1.86. The molecule has 3 nitrogen and oxygen atoms in total. The number of para-hydroxylation sites is 1. The summed E-state index contributed by atoms with van der Waals surface area (Å²) in [4.78, 5) is 11.0. The minimum absolute atomic E-state index is 0.0624. The molecule has 0 bridgehead atoms. The summed E-state index contributed by atoms with van der Waals surface area (Å²) < 4.78 is 5.39. The van der Waals surface area contributed by atoms with Crippen molar-refractivity contribution in [1.82, 2.24) is 0 Å². The zero-order valence-corrected chi connectivity index (χ0v) is 9.57. The van der Waals surface area contributed by atoms with Crippen molar-refractivity contribution in [3.8, 4) is 0 Å². The molecule has 1 aromatic heterocycles. The van der Waals surface area contributed by atoms with Crippen LogP contribution in [0, 0.1) is 0 Å². The van der Waals surface area contributed by atoms with E-state index in [2.05, 4.69) is 20.8 Å². The molecular weight excluding hydrogens is 204 g/mol. The largest absolute Gasteiger partial charge is 0.478 e. The zero-order valence-electron chi connectivity index (χ0n) is 9.57. The second-order valence-electron chi connectivity index (χ2n) is 4.89. The fourth-order valence-corrected chi connectivity index (χ4v) is 1.81. The third kappa shape index (κ3) is 1.58. The molecule has 2 aromatic rings. The van der Waals surface area contributed by atoms with Crippen LogP contribution in [0.5, 0.6) is 0 Å². The second kappa shape index (κ2) is 3.37. The Hall–Kier alpha value is -1.77. The molecule has 1 heterocycles. The normalized spacial score (nSPS) is 11.9. The minimum atomic E-state index is -0.954. The van der Waals surface area contributed by atoms with Crippen LogP contribution in [0.4, 0.5) is 0 Å². The van der Waals surface area contributed by atoms with Gasteiger partial charge >= 0.3 is 5.97 Å². The smallest absolute Gasteiger partial charge is 0.339 e. The Labute approximate surface area is 93.7 Å². The lowest BCUT2D eigenvalue weighted by molar-refractivity contribution is 0.0698. The molecule has 2 rings (SSSR count). The van der Waals surface area contributed by atoms with Gasteiger partial charge in [0.2, 0.25) is 0 Å². The number of benzene rings is 1. The lowest BCUT2D eigenvalue weighted by atomic mass is 9.86. The molecule has 0 spiro atoms. The van der Waals surface area contributed by atoms with Crippen LogP contribution in [-0.4, -0.2) is 11.1 Å². The number of aromatic carboxylic acids is 1. The average molecular weight is 218 g/mol. The lowest BCUT2D eigenvalue weighted by Gasteiger charge is -2.18. The number of carbonyl (C=O) groups is 1. The van der Waals surface area contributed by atoms with E-state index >= 15 is 0 Å². The van der Waals surface area contributed by atoms with Gasteiger partial charge in [-0.25, -0.2) is 4.79 Å². The number of hydrogen-bond donors (Lipinski definition) is 1. The maximum Gasteiger partial charge on any atom is 0.339 e. The van der Waals surface area contributed by atoms with Crippen molar-refractivity contribution in [2.24, 2.45) is 0 Å². The van der Waals surface area contributed by atoms with Gasteiger partial charge in [0.15, 0.2) is 0 Å².